The van der Waals surface area contributed by atoms with Gasteiger partial charge in [-0.1, -0.05) is 19.9 Å². The number of aryl methyl sites for hydroxylation is 1. The highest BCUT2D eigenvalue weighted by Crippen LogP contribution is 2.14. The molecule has 2 rings (SSSR count). The quantitative estimate of drug-likeness (QED) is 0.848. The number of nitrogens with zero attached hydrogens (tertiary/aromatic N) is 2. The molecule has 1 aliphatic heterocycles. The zero-order valence-electron chi connectivity index (χ0n) is 12.5. The number of piperazine rings is 1. The van der Waals surface area contributed by atoms with Gasteiger partial charge >= 0.3 is 0 Å². The van der Waals surface area contributed by atoms with Gasteiger partial charge in [-0.15, -0.1) is 0 Å². The largest absolute Gasteiger partial charge is 0.336 e. The highest BCUT2D eigenvalue weighted by atomic mass is 19.1. The number of hydrogen-bond acceptors (Lipinski definition) is 2. The van der Waals surface area contributed by atoms with E-state index in [1.807, 2.05) is 6.92 Å². The number of rotatable bonds is 3. The Morgan fingerprint density at radius 2 is 1.90 bits per heavy atom. The summed E-state index contributed by atoms with van der Waals surface area (Å²) in [7, 11) is 0. The van der Waals surface area contributed by atoms with E-state index < -0.39 is 5.82 Å². The minimum atomic E-state index is -0.417. The molecule has 0 spiro atoms. The number of benzene rings is 1. The summed E-state index contributed by atoms with van der Waals surface area (Å²) in [6, 6.07) is 4.79. The van der Waals surface area contributed by atoms with Crippen molar-refractivity contribution >= 4 is 5.91 Å². The van der Waals surface area contributed by atoms with Gasteiger partial charge in [-0.2, -0.15) is 0 Å². The van der Waals surface area contributed by atoms with Crippen molar-refractivity contribution in [1.82, 2.24) is 9.80 Å². The lowest BCUT2D eigenvalue weighted by molar-refractivity contribution is 0.0619. The first-order valence-corrected chi connectivity index (χ1v) is 7.25. The maximum Gasteiger partial charge on any atom is 0.256 e. The molecule has 1 fully saturated rings. The molecule has 3 nitrogen and oxygen atoms in total. The van der Waals surface area contributed by atoms with Crippen molar-refractivity contribution in [2.45, 2.75) is 20.8 Å². The van der Waals surface area contributed by atoms with Gasteiger partial charge in [0.05, 0.1) is 5.56 Å². The molecular formula is C16H23FN2O. The van der Waals surface area contributed by atoms with Gasteiger partial charge in [-0.25, -0.2) is 4.39 Å². The Balaban J connectivity index is 1.98. The molecule has 0 radical (unpaired) electrons. The fraction of sp³-hybridized carbons (Fsp3) is 0.562. The average molecular weight is 278 g/mol. The van der Waals surface area contributed by atoms with Crippen LogP contribution in [0.25, 0.3) is 0 Å². The molecule has 1 aliphatic rings. The molecule has 0 bridgehead atoms. The molecule has 1 heterocycles. The van der Waals surface area contributed by atoms with Crippen molar-refractivity contribution in [3.05, 3.63) is 35.1 Å². The minimum absolute atomic E-state index is 0.188. The maximum absolute atomic E-state index is 13.8. The summed E-state index contributed by atoms with van der Waals surface area (Å²) in [6.45, 7) is 10.4. The lowest BCUT2D eigenvalue weighted by atomic mass is 10.1. The number of halogens is 1. The molecule has 1 amide bonds. The van der Waals surface area contributed by atoms with Crippen LogP contribution in [0, 0.1) is 18.7 Å². The molecule has 20 heavy (non-hydrogen) atoms. The SMILES string of the molecule is Cc1ccc(C(=O)N2CCN(CC(C)C)CC2)c(F)c1. The van der Waals surface area contributed by atoms with Crippen LogP contribution >= 0.6 is 0 Å². The van der Waals surface area contributed by atoms with Crippen molar-refractivity contribution in [1.29, 1.82) is 0 Å². The Kier molecular flexibility index (Phi) is 4.76. The summed E-state index contributed by atoms with van der Waals surface area (Å²) >= 11 is 0. The molecule has 1 saturated heterocycles. The second kappa shape index (κ2) is 6.35. The Bertz CT molecular complexity index is 479. The van der Waals surface area contributed by atoms with Crippen molar-refractivity contribution < 1.29 is 9.18 Å². The first-order chi connectivity index (χ1) is 9.47. The third kappa shape index (κ3) is 3.57. The Morgan fingerprint density at radius 1 is 1.25 bits per heavy atom. The van der Waals surface area contributed by atoms with Crippen LogP contribution in [0.15, 0.2) is 18.2 Å². The second-order valence-corrected chi connectivity index (χ2v) is 5.97. The lowest BCUT2D eigenvalue weighted by Gasteiger charge is -2.35. The zero-order valence-corrected chi connectivity index (χ0v) is 12.5. The summed E-state index contributed by atoms with van der Waals surface area (Å²) in [5, 5.41) is 0. The molecule has 110 valence electrons. The molecule has 0 N–H and O–H groups in total. The van der Waals surface area contributed by atoms with E-state index in [9.17, 15) is 9.18 Å². The fourth-order valence-electron chi connectivity index (χ4n) is 2.61. The summed E-state index contributed by atoms with van der Waals surface area (Å²) < 4.78 is 13.8. The highest BCUT2D eigenvalue weighted by Gasteiger charge is 2.24. The van der Waals surface area contributed by atoms with Gasteiger partial charge in [-0.3, -0.25) is 9.69 Å². The summed E-state index contributed by atoms with van der Waals surface area (Å²) in [5.41, 5.74) is 1.02. The molecule has 0 aliphatic carbocycles. The van der Waals surface area contributed by atoms with Crippen LogP contribution in [0.3, 0.4) is 0 Å². The van der Waals surface area contributed by atoms with Crippen molar-refractivity contribution in [3.63, 3.8) is 0 Å². The molecule has 0 aromatic heterocycles. The van der Waals surface area contributed by atoms with Gasteiger partial charge in [0.2, 0.25) is 0 Å². The van der Waals surface area contributed by atoms with Crippen LogP contribution in [0.2, 0.25) is 0 Å². The summed E-state index contributed by atoms with van der Waals surface area (Å²) in [4.78, 5) is 16.4. The molecule has 1 aromatic rings. The summed E-state index contributed by atoms with van der Waals surface area (Å²) in [6.07, 6.45) is 0. The molecule has 0 unspecified atom stereocenters. The smallest absolute Gasteiger partial charge is 0.256 e. The monoisotopic (exact) mass is 278 g/mol. The van der Waals surface area contributed by atoms with E-state index in [1.165, 1.54) is 6.07 Å². The zero-order chi connectivity index (χ0) is 14.7. The van der Waals surface area contributed by atoms with Crippen LogP contribution in [0.5, 0.6) is 0 Å². The van der Waals surface area contributed by atoms with E-state index in [1.54, 1.807) is 17.0 Å². The van der Waals surface area contributed by atoms with Crippen LogP contribution in [0.4, 0.5) is 4.39 Å². The van der Waals surface area contributed by atoms with Gasteiger partial charge < -0.3 is 4.90 Å². The van der Waals surface area contributed by atoms with Crippen LogP contribution < -0.4 is 0 Å². The molecule has 0 atom stereocenters. The highest BCUT2D eigenvalue weighted by molar-refractivity contribution is 5.94. The first kappa shape index (κ1) is 15.0. The van der Waals surface area contributed by atoms with E-state index >= 15 is 0 Å². The third-order valence-electron chi connectivity index (χ3n) is 3.64. The topological polar surface area (TPSA) is 23.6 Å². The van der Waals surface area contributed by atoms with Gasteiger partial charge in [0.25, 0.3) is 5.91 Å². The Hall–Kier alpha value is -1.42. The number of carbonyl (C=O) groups is 1. The van der Waals surface area contributed by atoms with Crippen LogP contribution in [-0.2, 0) is 0 Å². The van der Waals surface area contributed by atoms with Gasteiger partial charge in [-0.05, 0) is 30.5 Å². The second-order valence-electron chi connectivity index (χ2n) is 5.97. The van der Waals surface area contributed by atoms with E-state index in [4.69, 9.17) is 0 Å². The third-order valence-corrected chi connectivity index (χ3v) is 3.64. The van der Waals surface area contributed by atoms with E-state index in [-0.39, 0.29) is 11.5 Å². The first-order valence-electron chi connectivity index (χ1n) is 7.25. The predicted octanol–water partition coefficient (Wildman–Crippen LogP) is 2.55. The van der Waals surface area contributed by atoms with Gasteiger partial charge in [0.15, 0.2) is 0 Å². The van der Waals surface area contributed by atoms with Gasteiger partial charge in [0.1, 0.15) is 5.82 Å². The van der Waals surface area contributed by atoms with Gasteiger partial charge in [0, 0.05) is 32.7 Å². The van der Waals surface area contributed by atoms with Crippen LogP contribution in [0.1, 0.15) is 29.8 Å². The Morgan fingerprint density at radius 3 is 2.45 bits per heavy atom. The van der Waals surface area contributed by atoms with Crippen molar-refractivity contribution in [3.8, 4) is 0 Å². The normalized spacial score (nSPS) is 16.8. The molecule has 0 saturated carbocycles. The average Bonchev–Trinajstić information content (AvgIpc) is 2.38. The predicted molar refractivity (Wildman–Crippen MR) is 78.3 cm³/mol. The van der Waals surface area contributed by atoms with E-state index in [2.05, 4.69) is 18.7 Å². The van der Waals surface area contributed by atoms with E-state index in [0.29, 0.717) is 19.0 Å². The van der Waals surface area contributed by atoms with E-state index in [0.717, 1.165) is 25.2 Å². The molecule has 4 heteroatoms. The maximum atomic E-state index is 13.8. The van der Waals surface area contributed by atoms with Crippen molar-refractivity contribution in [2.24, 2.45) is 5.92 Å². The number of carbonyl (C=O) groups excluding carboxylic acids is 1. The Labute approximate surface area is 120 Å². The number of amides is 1. The van der Waals surface area contributed by atoms with Crippen LogP contribution in [-0.4, -0.2) is 48.4 Å². The molecular weight excluding hydrogens is 255 g/mol. The molecule has 1 aromatic carbocycles. The minimum Gasteiger partial charge on any atom is -0.336 e. The number of hydrogen-bond donors (Lipinski definition) is 0. The lowest BCUT2D eigenvalue weighted by Crippen LogP contribution is -2.49. The van der Waals surface area contributed by atoms with Crippen molar-refractivity contribution in [2.75, 3.05) is 32.7 Å². The summed E-state index contributed by atoms with van der Waals surface area (Å²) in [5.74, 6) is 0.0260. The fourth-order valence-corrected chi connectivity index (χ4v) is 2.61. The standard InChI is InChI=1S/C16H23FN2O/c1-12(2)11-18-6-8-19(9-7-18)16(20)14-5-4-13(3)10-15(14)17/h4-5,10,12H,6-9,11H2,1-3H3.